The van der Waals surface area contributed by atoms with Gasteiger partial charge in [0.15, 0.2) is 5.65 Å². The second-order valence-electron chi connectivity index (χ2n) is 5.74. The fourth-order valence-electron chi connectivity index (χ4n) is 2.90. The molecule has 0 unspecified atom stereocenters. The smallest absolute Gasteiger partial charge is 0.152 e. The third-order valence-electron chi connectivity index (χ3n) is 4.11. The average molecular weight is 304 g/mol. The number of hydrogen-bond donors (Lipinski definition) is 1. The highest BCUT2D eigenvalue weighted by Gasteiger charge is 2.17. The lowest BCUT2D eigenvalue weighted by Gasteiger charge is -2.18. The van der Waals surface area contributed by atoms with E-state index in [0.717, 1.165) is 30.3 Å². The summed E-state index contributed by atoms with van der Waals surface area (Å²) in [6.45, 7) is 2.75. The molecule has 7 heteroatoms. The molecule has 0 amide bonds. The van der Waals surface area contributed by atoms with Crippen molar-refractivity contribution in [2.45, 2.75) is 19.4 Å². The van der Waals surface area contributed by atoms with Crippen LogP contribution in [0.4, 0.5) is 11.6 Å². The van der Waals surface area contributed by atoms with Crippen molar-refractivity contribution in [1.29, 1.82) is 0 Å². The Morgan fingerprint density at radius 1 is 1.22 bits per heavy atom. The summed E-state index contributed by atoms with van der Waals surface area (Å²) < 4.78 is 1.76. The van der Waals surface area contributed by atoms with Gasteiger partial charge in [-0.05, 0) is 29.9 Å². The normalized spacial score (nSPS) is 14.5. The lowest BCUT2D eigenvalue weighted by molar-refractivity contribution is 0.892. The minimum absolute atomic E-state index is 0.593. The van der Waals surface area contributed by atoms with E-state index >= 15 is 0 Å². The average Bonchev–Trinajstić information content (AvgIpc) is 3.24. The molecule has 1 aliphatic heterocycles. The van der Waals surface area contributed by atoms with Gasteiger partial charge in [-0.1, -0.05) is 6.07 Å². The van der Waals surface area contributed by atoms with Crippen LogP contribution in [0.15, 0.2) is 36.8 Å². The quantitative estimate of drug-likeness (QED) is 0.732. The summed E-state index contributed by atoms with van der Waals surface area (Å²) >= 11 is 0. The van der Waals surface area contributed by atoms with Gasteiger partial charge in [0.1, 0.15) is 19.5 Å². The zero-order valence-corrected chi connectivity index (χ0v) is 12.8. The first-order valence-corrected chi connectivity index (χ1v) is 7.83. The second-order valence-corrected chi connectivity index (χ2v) is 5.74. The summed E-state index contributed by atoms with van der Waals surface area (Å²) in [6, 6.07) is 6.01. The fraction of sp³-hybridized carbons (Fsp3) is 0.312. The van der Waals surface area contributed by atoms with Crippen LogP contribution in [-0.2, 0) is 6.54 Å². The number of pyridine rings is 1. The molecule has 3 aromatic rings. The first-order chi connectivity index (χ1) is 11.3. The highest BCUT2D eigenvalue weighted by Crippen LogP contribution is 2.22. The molecule has 0 atom stereocenters. The molecule has 114 valence electrons. The van der Waals surface area contributed by atoms with Crippen molar-refractivity contribution in [1.82, 2.24) is 19.6 Å². The van der Waals surface area contributed by atoms with Crippen LogP contribution >= 0.6 is 0 Å². The summed E-state index contributed by atoms with van der Waals surface area (Å²) in [5.41, 5.74) is 2.40. The third kappa shape index (κ3) is 2.74. The van der Waals surface area contributed by atoms with Gasteiger partial charge in [-0.15, -0.1) is 0 Å². The zero-order valence-electron chi connectivity index (χ0n) is 12.8. The number of fused-ring (bicyclic) bond motifs is 1. The van der Waals surface area contributed by atoms with E-state index in [0.29, 0.717) is 17.7 Å². The molecule has 2 radical (unpaired) electrons. The molecule has 1 fully saturated rings. The molecule has 0 aliphatic carbocycles. The molecular weight excluding hydrogens is 287 g/mol. The number of anilines is 2. The summed E-state index contributed by atoms with van der Waals surface area (Å²) in [4.78, 5) is 11.1. The SMILES string of the molecule is [B]c1cnn2c(NCc3cccnc3)cc(N3CCCC3)nc12. The molecule has 0 bridgehead atoms. The van der Waals surface area contributed by atoms with Crippen LogP contribution in [0.25, 0.3) is 5.65 Å². The van der Waals surface area contributed by atoms with E-state index in [1.807, 2.05) is 24.4 Å². The summed E-state index contributed by atoms with van der Waals surface area (Å²) in [7, 11) is 6.02. The van der Waals surface area contributed by atoms with Crippen LogP contribution < -0.4 is 15.7 Å². The number of hydrogen-bond acceptors (Lipinski definition) is 5. The van der Waals surface area contributed by atoms with Crippen LogP contribution in [0.3, 0.4) is 0 Å². The monoisotopic (exact) mass is 304 g/mol. The van der Waals surface area contributed by atoms with Crippen molar-refractivity contribution in [3.8, 4) is 0 Å². The maximum Gasteiger partial charge on any atom is 0.152 e. The van der Waals surface area contributed by atoms with Gasteiger partial charge >= 0.3 is 0 Å². The molecule has 4 rings (SSSR count). The molecule has 3 aromatic heterocycles. The number of nitrogens with one attached hydrogen (secondary N) is 1. The first kappa shape index (κ1) is 14.1. The summed E-state index contributed by atoms with van der Waals surface area (Å²) in [5, 5.41) is 7.75. The maximum atomic E-state index is 6.02. The van der Waals surface area contributed by atoms with Crippen LogP contribution in [0, 0.1) is 0 Å². The number of aromatic nitrogens is 4. The standard InChI is InChI=1S/C16H17BN6/c17-13-11-20-23-14(19-10-12-4-3-5-18-9-12)8-15(21-16(13)23)22-6-1-2-7-22/h3-5,8-9,11,19H,1-2,6-7,10H2. The number of nitrogens with zero attached hydrogens (tertiary/aromatic N) is 5. The lowest BCUT2D eigenvalue weighted by Crippen LogP contribution is -2.21. The molecule has 0 saturated carbocycles. The van der Waals surface area contributed by atoms with Crippen molar-refractivity contribution >= 4 is 30.6 Å². The van der Waals surface area contributed by atoms with E-state index in [4.69, 9.17) is 7.85 Å². The summed E-state index contributed by atoms with van der Waals surface area (Å²) in [5.74, 6) is 1.84. The van der Waals surface area contributed by atoms with Gasteiger partial charge in [0.25, 0.3) is 0 Å². The van der Waals surface area contributed by atoms with Crippen molar-refractivity contribution in [3.05, 3.63) is 42.4 Å². The largest absolute Gasteiger partial charge is 0.366 e. The molecule has 4 heterocycles. The Hall–Kier alpha value is -2.57. The molecule has 6 nitrogen and oxygen atoms in total. The molecule has 1 aliphatic rings. The predicted molar refractivity (Wildman–Crippen MR) is 91.4 cm³/mol. The maximum absolute atomic E-state index is 6.02. The molecule has 1 saturated heterocycles. The van der Waals surface area contributed by atoms with E-state index in [1.165, 1.54) is 12.8 Å². The molecule has 0 spiro atoms. The van der Waals surface area contributed by atoms with Crippen molar-refractivity contribution in [3.63, 3.8) is 0 Å². The molecule has 1 N–H and O–H groups in total. The van der Waals surface area contributed by atoms with Gasteiger partial charge < -0.3 is 10.2 Å². The minimum Gasteiger partial charge on any atom is -0.366 e. The predicted octanol–water partition coefficient (Wildman–Crippen LogP) is 1.13. The third-order valence-corrected chi connectivity index (χ3v) is 4.11. The van der Waals surface area contributed by atoms with Crippen LogP contribution in [0.1, 0.15) is 18.4 Å². The Balaban J connectivity index is 1.68. The van der Waals surface area contributed by atoms with Crippen molar-refractivity contribution in [2.24, 2.45) is 0 Å². The summed E-state index contributed by atoms with van der Waals surface area (Å²) in [6.07, 6.45) is 7.68. The lowest BCUT2D eigenvalue weighted by atomic mass is 10.0. The Bertz CT molecular complexity index is 810. The Labute approximate surface area is 136 Å². The van der Waals surface area contributed by atoms with Crippen LogP contribution in [0.2, 0.25) is 0 Å². The van der Waals surface area contributed by atoms with Gasteiger partial charge in [-0.3, -0.25) is 4.98 Å². The highest BCUT2D eigenvalue weighted by atomic mass is 15.3. The van der Waals surface area contributed by atoms with Crippen LogP contribution in [-0.4, -0.2) is 40.5 Å². The van der Waals surface area contributed by atoms with Gasteiger partial charge in [0.2, 0.25) is 0 Å². The Morgan fingerprint density at radius 3 is 2.87 bits per heavy atom. The topological polar surface area (TPSA) is 58.4 Å². The van der Waals surface area contributed by atoms with Crippen molar-refractivity contribution < 1.29 is 0 Å². The zero-order chi connectivity index (χ0) is 15.6. The van der Waals surface area contributed by atoms with Crippen molar-refractivity contribution in [2.75, 3.05) is 23.3 Å². The van der Waals surface area contributed by atoms with E-state index in [2.05, 4.69) is 25.3 Å². The first-order valence-electron chi connectivity index (χ1n) is 7.83. The Morgan fingerprint density at radius 2 is 2.09 bits per heavy atom. The fourth-order valence-corrected chi connectivity index (χ4v) is 2.90. The highest BCUT2D eigenvalue weighted by molar-refractivity contribution is 6.36. The minimum atomic E-state index is 0.593. The molecule has 23 heavy (non-hydrogen) atoms. The van der Waals surface area contributed by atoms with E-state index in [-0.39, 0.29) is 0 Å². The number of rotatable bonds is 4. The van der Waals surface area contributed by atoms with E-state index < -0.39 is 0 Å². The van der Waals surface area contributed by atoms with Gasteiger partial charge in [-0.2, -0.15) is 9.61 Å². The van der Waals surface area contributed by atoms with E-state index in [9.17, 15) is 0 Å². The Kier molecular flexibility index (Phi) is 3.61. The molecule has 0 aromatic carbocycles. The van der Waals surface area contributed by atoms with Gasteiger partial charge in [0, 0.05) is 44.3 Å². The van der Waals surface area contributed by atoms with E-state index in [1.54, 1.807) is 16.9 Å². The van der Waals surface area contributed by atoms with Crippen LogP contribution in [0.5, 0.6) is 0 Å². The van der Waals surface area contributed by atoms with Gasteiger partial charge in [0.05, 0.1) is 0 Å². The van der Waals surface area contributed by atoms with Gasteiger partial charge in [-0.25, -0.2) is 4.98 Å². The second kappa shape index (κ2) is 5.91. The molecular formula is C16H17BN6.